The van der Waals surface area contributed by atoms with Gasteiger partial charge in [-0.05, 0) is 25.7 Å². The maximum absolute atomic E-state index is 12.0. The molecule has 0 aliphatic carbocycles. The molecule has 1 aliphatic heterocycles. The lowest BCUT2D eigenvalue weighted by molar-refractivity contribution is 0.129. The van der Waals surface area contributed by atoms with Crippen LogP contribution in [0.1, 0.15) is 26.7 Å². The van der Waals surface area contributed by atoms with Gasteiger partial charge in [0.2, 0.25) is 0 Å². The first-order valence-electron chi connectivity index (χ1n) is 5.78. The monoisotopic (exact) mass is 213 g/mol. The molecular weight excluding hydrogens is 190 g/mol. The summed E-state index contributed by atoms with van der Waals surface area (Å²) in [4.78, 5) is 15.7. The van der Waals surface area contributed by atoms with E-state index in [1.807, 2.05) is 18.9 Å². The summed E-state index contributed by atoms with van der Waals surface area (Å²) >= 11 is 0. The minimum Gasteiger partial charge on any atom is -0.328 e. The predicted octanol–water partition coefficient (Wildman–Crippen LogP) is 1.12. The molecule has 0 spiro atoms. The van der Waals surface area contributed by atoms with Crippen molar-refractivity contribution in [3.8, 4) is 0 Å². The van der Waals surface area contributed by atoms with E-state index in [0.29, 0.717) is 12.5 Å². The van der Waals surface area contributed by atoms with Crippen molar-refractivity contribution in [1.82, 2.24) is 9.80 Å². The van der Waals surface area contributed by atoms with E-state index in [2.05, 4.69) is 6.92 Å². The van der Waals surface area contributed by atoms with Crippen LogP contribution < -0.4 is 5.73 Å². The molecule has 1 rings (SSSR count). The van der Waals surface area contributed by atoms with E-state index >= 15 is 0 Å². The third-order valence-electron chi connectivity index (χ3n) is 3.23. The van der Waals surface area contributed by atoms with Gasteiger partial charge in [-0.25, -0.2) is 4.79 Å². The third kappa shape index (κ3) is 3.09. The van der Waals surface area contributed by atoms with E-state index < -0.39 is 0 Å². The summed E-state index contributed by atoms with van der Waals surface area (Å²) in [6.45, 7) is 6.48. The lowest BCUT2D eigenvalue weighted by Crippen LogP contribution is -2.50. The van der Waals surface area contributed by atoms with Crippen LogP contribution in [0, 0.1) is 5.92 Å². The van der Waals surface area contributed by atoms with E-state index in [4.69, 9.17) is 5.73 Å². The highest BCUT2D eigenvalue weighted by Crippen LogP contribution is 2.16. The van der Waals surface area contributed by atoms with Crippen molar-refractivity contribution < 1.29 is 4.79 Å². The summed E-state index contributed by atoms with van der Waals surface area (Å²) in [5.74, 6) is 0.629. The number of piperidine rings is 1. The van der Waals surface area contributed by atoms with Gasteiger partial charge in [-0.2, -0.15) is 0 Å². The number of carbonyl (C=O) groups excluding carboxylic acids is 1. The Kier molecular flexibility index (Phi) is 4.39. The van der Waals surface area contributed by atoms with Crippen molar-refractivity contribution in [2.24, 2.45) is 11.7 Å². The highest BCUT2D eigenvalue weighted by molar-refractivity contribution is 5.74. The maximum Gasteiger partial charge on any atom is 0.320 e. The number of nitrogens with two attached hydrogens (primary N) is 1. The van der Waals surface area contributed by atoms with Crippen LogP contribution in [0.5, 0.6) is 0 Å². The van der Waals surface area contributed by atoms with Crippen molar-refractivity contribution in [1.29, 1.82) is 0 Å². The van der Waals surface area contributed by atoms with E-state index in [-0.39, 0.29) is 12.1 Å². The van der Waals surface area contributed by atoms with Gasteiger partial charge < -0.3 is 15.5 Å². The molecule has 1 fully saturated rings. The van der Waals surface area contributed by atoms with Gasteiger partial charge in [-0.3, -0.25) is 0 Å². The zero-order valence-electron chi connectivity index (χ0n) is 10.1. The fraction of sp³-hybridized carbons (Fsp3) is 0.909. The predicted molar refractivity (Wildman–Crippen MR) is 61.6 cm³/mol. The summed E-state index contributed by atoms with van der Waals surface area (Å²) < 4.78 is 0. The molecule has 0 aromatic heterocycles. The number of urea groups is 1. The number of carbonyl (C=O) groups is 1. The Bertz CT molecular complexity index is 220. The second-order valence-corrected chi connectivity index (χ2v) is 4.67. The van der Waals surface area contributed by atoms with E-state index in [9.17, 15) is 4.79 Å². The van der Waals surface area contributed by atoms with Gasteiger partial charge in [0.25, 0.3) is 0 Å². The van der Waals surface area contributed by atoms with Crippen LogP contribution in [0.2, 0.25) is 0 Å². The van der Waals surface area contributed by atoms with Crippen molar-refractivity contribution in [2.75, 3.05) is 26.7 Å². The van der Waals surface area contributed by atoms with E-state index in [1.54, 1.807) is 4.90 Å². The van der Waals surface area contributed by atoms with Crippen LogP contribution in [-0.2, 0) is 0 Å². The number of amides is 2. The largest absolute Gasteiger partial charge is 0.328 e. The topological polar surface area (TPSA) is 49.6 Å². The zero-order chi connectivity index (χ0) is 11.4. The smallest absolute Gasteiger partial charge is 0.320 e. The average Bonchev–Trinajstić information content (AvgIpc) is 2.26. The molecule has 0 bridgehead atoms. The van der Waals surface area contributed by atoms with E-state index in [0.717, 1.165) is 19.5 Å². The second-order valence-electron chi connectivity index (χ2n) is 4.67. The van der Waals surface area contributed by atoms with Gasteiger partial charge in [0.15, 0.2) is 0 Å². The van der Waals surface area contributed by atoms with Gasteiger partial charge in [0.1, 0.15) is 0 Å². The van der Waals surface area contributed by atoms with Crippen molar-refractivity contribution in [3.05, 3.63) is 0 Å². The molecule has 0 radical (unpaired) electrons. The molecule has 2 amide bonds. The molecule has 1 aliphatic rings. The number of nitrogens with zero attached hydrogens (tertiary/aromatic N) is 2. The van der Waals surface area contributed by atoms with Crippen LogP contribution in [0.3, 0.4) is 0 Å². The van der Waals surface area contributed by atoms with Crippen LogP contribution in [-0.4, -0.2) is 48.6 Å². The molecule has 15 heavy (non-hydrogen) atoms. The highest BCUT2D eigenvalue weighted by Gasteiger charge is 2.25. The molecule has 1 saturated heterocycles. The normalized spacial score (nSPS) is 23.7. The van der Waals surface area contributed by atoms with Crippen molar-refractivity contribution in [2.45, 2.75) is 32.7 Å². The molecule has 0 saturated carbocycles. The Morgan fingerprint density at radius 3 is 2.87 bits per heavy atom. The van der Waals surface area contributed by atoms with E-state index in [1.165, 1.54) is 6.42 Å². The molecule has 2 N–H and O–H groups in total. The van der Waals surface area contributed by atoms with Crippen LogP contribution in [0.4, 0.5) is 4.79 Å². The number of hydrogen-bond donors (Lipinski definition) is 1. The molecular formula is C11H23N3O. The van der Waals surface area contributed by atoms with Gasteiger partial charge in [0.05, 0.1) is 0 Å². The van der Waals surface area contributed by atoms with Gasteiger partial charge in [0, 0.05) is 32.7 Å². The maximum atomic E-state index is 12.0. The van der Waals surface area contributed by atoms with Crippen molar-refractivity contribution >= 4 is 6.03 Å². The Balaban J connectivity index is 2.51. The summed E-state index contributed by atoms with van der Waals surface area (Å²) in [6, 6.07) is 0.245. The Hall–Kier alpha value is -0.770. The number of likely N-dealkylation sites (N-methyl/N-ethyl adjacent to an activating group) is 1. The SMILES string of the molecule is CC1CCCN(C(=O)N(C)C(C)CN)C1. The first-order valence-corrected chi connectivity index (χ1v) is 5.78. The zero-order valence-corrected chi connectivity index (χ0v) is 10.1. The number of likely N-dealkylation sites (tertiary alicyclic amines) is 1. The summed E-state index contributed by atoms with van der Waals surface area (Å²) in [7, 11) is 1.83. The minimum atomic E-state index is 0.120. The lowest BCUT2D eigenvalue weighted by Gasteiger charge is -2.35. The van der Waals surface area contributed by atoms with Crippen molar-refractivity contribution in [3.63, 3.8) is 0 Å². The van der Waals surface area contributed by atoms with Crippen LogP contribution in [0.25, 0.3) is 0 Å². The lowest BCUT2D eigenvalue weighted by atomic mass is 10.0. The Morgan fingerprint density at radius 1 is 1.67 bits per heavy atom. The summed E-state index contributed by atoms with van der Waals surface area (Å²) in [5, 5.41) is 0. The summed E-state index contributed by atoms with van der Waals surface area (Å²) in [6.07, 6.45) is 2.36. The quantitative estimate of drug-likeness (QED) is 0.747. The first-order chi connectivity index (χ1) is 7.06. The molecule has 2 atom stereocenters. The molecule has 0 aromatic carbocycles. The Labute approximate surface area is 92.4 Å². The fourth-order valence-corrected chi connectivity index (χ4v) is 1.93. The average molecular weight is 213 g/mol. The summed E-state index contributed by atoms with van der Waals surface area (Å²) in [5.41, 5.74) is 5.56. The fourth-order valence-electron chi connectivity index (χ4n) is 1.93. The van der Waals surface area contributed by atoms with Crippen LogP contribution in [0.15, 0.2) is 0 Å². The third-order valence-corrected chi connectivity index (χ3v) is 3.23. The van der Waals surface area contributed by atoms with Gasteiger partial charge in [-0.1, -0.05) is 6.92 Å². The first kappa shape index (κ1) is 12.3. The van der Waals surface area contributed by atoms with Gasteiger partial charge >= 0.3 is 6.03 Å². The van der Waals surface area contributed by atoms with Gasteiger partial charge in [-0.15, -0.1) is 0 Å². The standard InChI is InChI=1S/C11H23N3O/c1-9-5-4-6-14(8-9)11(15)13(3)10(2)7-12/h9-10H,4-8,12H2,1-3H3. The molecule has 0 aromatic rings. The molecule has 88 valence electrons. The molecule has 4 heteroatoms. The highest BCUT2D eigenvalue weighted by atomic mass is 16.2. The molecule has 1 heterocycles. The minimum absolute atomic E-state index is 0.120. The Morgan fingerprint density at radius 2 is 2.33 bits per heavy atom. The second kappa shape index (κ2) is 5.35. The molecule has 2 unspecified atom stereocenters. The van der Waals surface area contributed by atoms with Crippen LogP contribution >= 0.6 is 0 Å². The molecule has 4 nitrogen and oxygen atoms in total. The number of hydrogen-bond acceptors (Lipinski definition) is 2. The number of rotatable bonds is 2.